The van der Waals surface area contributed by atoms with Crippen LogP contribution >= 0.6 is 18.5 Å². The highest BCUT2D eigenvalue weighted by atomic mass is 31.0. The summed E-state index contributed by atoms with van der Waals surface area (Å²) in [5.41, 5.74) is 5.34. The lowest BCUT2D eigenvalue weighted by molar-refractivity contribution is 1.44. The van der Waals surface area contributed by atoms with Crippen molar-refractivity contribution in [2.75, 3.05) is 0 Å². The maximum absolute atomic E-state index is 3.27. The Morgan fingerprint density at radius 1 is 0.517 bits per heavy atom. The van der Waals surface area contributed by atoms with E-state index in [2.05, 4.69) is 78.6 Å². The van der Waals surface area contributed by atoms with Gasteiger partial charge in [-0.15, -0.1) is 18.5 Å². The summed E-state index contributed by atoms with van der Waals surface area (Å²) in [5.74, 6) is 12.9. The first-order valence-electron chi connectivity index (χ1n) is 9.42. The molecular weight excluding hydrogens is 386 g/mol. The third-order valence-corrected chi connectivity index (χ3v) is 5.49. The second kappa shape index (κ2) is 9.08. The minimum absolute atomic E-state index is 0.974. The molecule has 0 N–H and O–H groups in total. The summed E-state index contributed by atoms with van der Waals surface area (Å²) in [4.78, 5) is 0. The predicted octanol–water partition coefficient (Wildman–Crippen LogP) is 5.51. The number of hydrogen-bond acceptors (Lipinski definition) is 0. The van der Waals surface area contributed by atoms with Crippen LogP contribution in [-0.2, 0) is 6.16 Å². The Labute approximate surface area is 177 Å². The van der Waals surface area contributed by atoms with Crippen LogP contribution < -0.4 is 5.30 Å². The minimum Gasteiger partial charge on any atom is -0.133 e. The molecule has 0 aliphatic rings. The van der Waals surface area contributed by atoms with Gasteiger partial charge in [-0.05, 0) is 76.3 Å². The van der Waals surface area contributed by atoms with Gasteiger partial charge in [0, 0.05) is 22.3 Å². The van der Waals surface area contributed by atoms with Crippen LogP contribution in [0.3, 0.4) is 0 Å². The molecule has 0 fully saturated rings. The van der Waals surface area contributed by atoms with Crippen LogP contribution in [0.1, 0.15) is 27.8 Å². The molecule has 0 aliphatic carbocycles. The molecule has 0 nitrogen and oxygen atoms in total. The summed E-state index contributed by atoms with van der Waals surface area (Å²) < 4.78 is 0. The Balaban J connectivity index is 1.50. The zero-order chi connectivity index (χ0) is 20.1. The second-order valence-electron chi connectivity index (χ2n) is 6.80. The molecular formula is C27H20P2. The van der Waals surface area contributed by atoms with Gasteiger partial charge in [-0.25, -0.2) is 0 Å². The Hall–Kier alpha value is -2.88. The van der Waals surface area contributed by atoms with E-state index in [4.69, 9.17) is 0 Å². The summed E-state index contributed by atoms with van der Waals surface area (Å²) in [7, 11) is 5.45. The standard InChI is InChI=1S/C27H20P2/c28-19-24-10-14-25-17-23(9-13-26(25)18-24)8-7-21-3-1-20(2-4-21)5-6-22-11-15-27(29)16-12-22/h1-4,9-18H,19,28-29H2. The topological polar surface area (TPSA) is 0 Å². The molecule has 2 atom stereocenters. The van der Waals surface area contributed by atoms with E-state index in [0.717, 1.165) is 33.7 Å². The number of hydrogen-bond donors (Lipinski definition) is 0. The third kappa shape index (κ3) is 5.14. The van der Waals surface area contributed by atoms with Crippen molar-refractivity contribution in [3.8, 4) is 23.7 Å². The van der Waals surface area contributed by atoms with E-state index in [1.807, 2.05) is 48.5 Å². The number of rotatable bonds is 1. The molecule has 138 valence electrons. The zero-order valence-corrected chi connectivity index (χ0v) is 18.3. The molecule has 0 amide bonds. The van der Waals surface area contributed by atoms with Crippen LogP contribution in [0.2, 0.25) is 0 Å². The fourth-order valence-corrected chi connectivity index (χ4v) is 3.44. The van der Waals surface area contributed by atoms with E-state index >= 15 is 0 Å². The molecule has 0 aliphatic heterocycles. The molecule has 29 heavy (non-hydrogen) atoms. The molecule has 0 saturated heterocycles. The maximum Gasteiger partial charge on any atom is 0.0255 e. The van der Waals surface area contributed by atoms with Gasteiger partial charge in [-0.1, -0.05) is 60.1 Å². The zero-order valence-electron chi connectivity index (χ0n) is 15.9. The first-order chi connectivity index (χ1) is 14.2. The van der Waals surface area contributed by atoms with E-state index < -0.39 is 0 Å². The molecule has 0 radical (unpaired) electrons. The second-order valence-corrected chi connectivity index (χ2v) is 7.87. The summed E-state index contributed by atoms with van der Waals surface area (Å²) in [6.45, 7) is 0. The molecule has 4 aromatic carbocycles. The van der Waals surface area contributed by atoms with Gasteiger partial charge >= 0.3 is 0 Å². The molecule has 0 saturated carbocycles. The van der Waals surface area contributed by atoms with E-state index in [9.17, 15) is 0 Å². The van der Waals surface area contributed by atoms with Crippen LogP contribution in [-0.4, -0.2) is 0 Å². The monoisotopic (exact) mass is 406 g/mol. The van der Waals surface area contributed by atoms with Crippen LogP contribution in [0, 0.1) is 23.7 Å². The van der Waals surface area contributed by atoms with Crippen molar-refractivity contribution < 1.29 is 0 Å². The molecule has 0 heterocycles. The van der Waals surface area contributed by atoms with Gasteiger partial charge in [0.05, 0.1) is 0 Å². The predicted molar refractivity (Wildman–Crippen MR) is 132 cm³/mol. The molecule has 0 aromatic heterocycles. The molecule has 4 aromatic rings. The minimum atomic E-state index is 0.974. The number of fused-ring (bicyclic) bond motifs is 1. The highest BCUT2D eigenvalue weighted by Gasteiger charge is 1.97. The first-order valence-corrected chi connectivity index (χ1v) is 10.8. The van der Waals surface area contributed by atoms with Crippen molar-refractivity contribution in [1.82, 2.24) is 0 Å². The van der Waals surface area contributed by atoms with Crippen molar-refractivity contribution in [2.45, 2.75) is 6.16 Å². The van der Waals surface area contributed by atoms with Gasteiger partial charge in [0.2, 0.25) is 0 Å². The third-order valence-electron chi connectivity index (χ3n) is 4.64. The van der Waals surface area contributed by atoms with Crippen molar-refractivity contribution in [3.63, 3.8) is 0 Å². The van der Waals surface area contributed by atoms with Gasteiger partial charge in [-0.3, -0.25) is 0 Å². The summed E-state index contributed by atoms with van der Waals surface area (Å²) in [6, 6.07) is 29.2. The van der Waals surface area contributed by atoms with Crippen molar-refractivity contribution >= 4 is 34.6 Å². The Morgan fingerprint density at radius 2 is 0.966 bits per heavy atom. The normalized spacial score (nSPS) is 10.0. The van der Waals surface area contributed by atoms with Crippen LogP contribution in [0.15, 0.2) is 84.9 Å². The van der Waals surface area contributed by atoms with E-state index in [0.29, 0.717) is 0 Å². The molecule has 2 heteroatoms. The van der Waals surface area contributed by atoms with Gasteiger partial charge in [0.25, 0.3) is 0 Å². The van der Waals surface area contributed by atoms with Gasteiger partial charge < -0.3 is 0 Å². The molecule has 0 spiro atoms. The smallest absolute Gasteiger partial charge is 0.0255 e. The van der Waals surface area contributed by atoms with Crippen molar-refractivity contribution in [2.24, 2.45) is 0 Å². The summed E-state index contributed by atoms with van der Waals surface area (Å²) >= 11 is 0. The first kappa shape index (κ1) is 19.4. The van der Waals surface area contributed by atoms with Crippen LogP contribution in [0.25, 0.3) is 10.8 Å². The quantitative estimate of drug-likeness (QED) is 0.289. The lowest BCUT2D eigenvalue weighted by Crippen LogP contribution is -1.87. The van der Waals surface area contributed by atoms with Gasteiger partial charge in [-0.2, -0.15) is 0 Å². The maximum atomic E-state index is 3.27. The molecule has 0 bridgehead atoms. The van der Waals surface area contributed by atoms with Crippen LogP contribution in [0.5, 0.6) is 0 Å². The van der Waals surface area contributed by atoms with E-state index in [-0.39, 0.29) is 0 Å². The van der Waals surface area contributed by atoms with E-state index in [1.165, 1.54) is 16.3 Å². The highest BCUT2D eigenvalue weighted by molar-refractivity contribution is 7.27. The van der Waals surface area contributed by atoms with Crippen molar-refractivity contribution in [1.29, 1.82) is 0 Å². The summed E-state index contributed by atoms with van der Waals surface area (Å²) in [5, 5.41) is 3.64. The Morgan fingerprint density at radius 3 is 1.55 bits per heavy atom. The largest absolute Gasteiger partial charge is 0.133 e. The van der Waals surface area contributed by atoms with Gasteiger partial charge in [0.15, 0.2) is 0 Å². The molecule has 2 unspecified atom stereocenters. The average Bonchev–Trinajstić information content (AvgIpc) is 2.77. The SMILES string of the molecule is PCc1ccc2cc(C#Cc3ccc(C#Cc4ccc(P)cc4)cc3)ccc2c1. The fraction of sp³-hybridized carbons (Fsp3) is 0.0370. The van der Waals surface area contributed by atoms with Crippen LogP contribution in [0.4, 0.5) is 0 Å². The number of benzene rings is 4. The Bertz CT molecular complexity index is 1280. The van der Waals surface area contributed by atoms with Crippen molar-refractivity contribution in [3.05, 3.63) is 113 Å². The fourth-order valence-electron chi connectivity index (χ4n) is 2.99. The highest BCUT2D eigenvalue weighted by Crippen LogP contribution is 2.19. The lowest BCUT2D eigenvalue weighted by atomic mass is 10.0. The lowest BCUT2D eigenvalue weighted by Gasteiger charge is -2.01. The molecule has 4 rings (SSSR count). The Kier molecular flexibility index (Phi) is 6.09. The van der Waals surface area contributed by atoms with Gasteiger partial charge in [0.1, 0.15) is 0 Å². The van der Waals surface area contributed by atoms with E-state index in [1.54, 1.807) is 0 Å². The summed E-state index contributed by atoms with van der Waals surface area (Å²) in [6.07, 6.45) is 0.974. The average molecular weight is 406 g/mol.